The Balaban J connectivity index is 2.22. The van der Waals surface area contributed by atoms with Crippen molar-refractivity contribution >= 4 is 22.9 Å². The van der Waals surface area contributed by atoms with Crippen molar-refractivity contribution in [2.75, 3.05) is 11.9 Å². The molecule has 0 aliphatic rings. The van der Waals surface area contributed by atoms with E-state index in [1.165, 1.54) is 0 Å². The number of aliphatic hydroxyl groups excluding tert-OH is 1. The molecule has 0 radical (unpaired) electrons. The molecule has 0 bridgehead atoms. The van der Waals surface area contributed by atoms with Crippen LogP contribution in [0.25, 0.3) is 11.0 Å². The number of anilines is 1. The topological polar surface area (TPSA) is 79.2 Å². The molecule has 0 saturated carbocycles. The molecule has 2 rings (SSSR count). The summed E-state index contributed by atoms with van der Waals surface area (Å²) < 4.78 is 1.85. The Morgan fingerprint density at radius 3 is 2.61 bits per heavy atom. The monoisotopic (exact) mass is 318 g/mol. The number of hydrogen-bond acceptors (Lipinski definition) is 4. The fourth-order valence-electron chi connectivity index (χ4n) is 2.22. The maximum atomic E-state index is 12.3. The highest BCUT2D eigenvalue weighted by atomic mass is 16.3. The van der Waals surface area contributed by atoms with Gasteiger partial charge in [-0.2, -0.15) is 0 Å². The van der Waals surface area contributed by atoms with E-state index in [9.17, 15) is 9.90 Å². The zero-order chi connectivity index (χ0) is 17.0. The van der Waals surface area contributed by atoms with Gasteiger partial charge in [0.15, 0.2) is 0 Å². The number of carbonyl (C=O) groups is 1. The van der Waals surface area contributed by atoms with E-state index in [2.05, 4.69) is 29.5 Å². The molecule has 126 valence electrons. The van der Waals surface area contributed by atoms with E-state index in [0.717, 1.165) is 11.0 Å². The van der Waals surface area contributed by atoms with Gasteiger partial charge in [-0.3, -0.25) is 4.79 Å². The largest absolute Gasteiger partial charge is 0.392 e. The number of nitrogens with zero attached hydrogens (tertiary/aromatic N) is 2. The lowest BCUT2D eigenvalue weighted by Crippen LogP contribution is -2.38. The van der Waals surface area contributed by atoms with Crippen LogP contribution in [-0.4, -0.2) is 39.3 Å². The van der Waals surface area contributed by atoms with Crippen LogP contribution in [0.3, 0.4) is 0 Å². The minimum atomic E-state index is -0.488. The zero-order valence-electron chi connectivity index (χ0n) is 14.2. The Kier molecular flexibility index (Phi) is 5.60. The van der Waals surface area contributed by atoms with Crippen molar-refractivity contribution < 1.29 is 9.90 Å². The lowest BCUT2D eigenvalue weighted by atomic mass is 10.1. The second-order valence-corrected chi connectivity index (χ2v) is 6.34. The predicted octanol–water partition coefficient (Wildman–Crippen LogP) is 1.99. The fraction of sp³-hybridized carbons (Fsp3) is 0.529. The number of para-hydroxylation sites is 2. The Hall–Kier alpha value is -2.08. The highest BCUT2D eigenvalue weighted by Crippen LogP contribution is 2.19. The quantitative estimate of drug-likeness (QED) is 0.729. The summed E-state index contributed by atoms with van der Waals surface area (Å²) in [5.41, 5.74) is 1.72. The maximum absolute atomic E-state index is 12.3. The van der Waals surface area contributed by atoms with Gasteiger partial charge in [-0.25, -0.2) is 4.98 Å². The molecular weight excluding hydrogens is 292 g/mol. The number of nitrogens with one attached hydrogen (secondary N) is 2. The molecule has 6 nitrogen and oxygen atoms in total. The highest BCUT2D eigenvalue weighted by molar-refractivity contribution is 5.83. The number of amides is 1. The van der Waals surface area contributed by atoms with E-state index in [-0.39, 0.29) is 18.5 Å². The third-order valence-electron chi connectivity index (χ3n) is 3.90. The molecule has 2 aromatic rings. The zero-order valence-corrected chi connectivity index (χ0v) is 14.2. The number of imidazole rings is 1. The van der Waals surface area contributed by atoms with Crippen LogP contribution in [0.1, 0.15) is 27.7 Å². The van der Waals surface area contributed by atoms with E-state index in [4.69, 9.17) is 0 Å². The van der Waals surface area contributed by atoms with Crippen LogP contribution in [0.15, 0.2) is 24.3 Å². The minimum absolute atomic E-state index is 0.0468. The van der Waals surface area contributed by atoms with Crippen LogP contribution >= 0.6 is 0 Å². The molecule has 0 aliphatic carbocycles. The molecule has 2 atom stereocenters. The third-order valence-corrected chi connectivity index (χ3v) is 3.90. The smallest absolute Gasteiger partial charge is 0.240 e. The molecule has 1 aromatic carbocycles. The number of aliphatic hydroxyl groups is 1. The number of fused-ring (bicyclic) bond motifs is 1. The van der Waals surface area contributed by atoms with Gasteiger partial charge >= 0.3 is 0 Å². The van der Waals surface area contributed by atoms with Gasteiger partial charge in [-0.05, 0) is 31.9 Å². The first-order chi connectivity index (χ1) is 10.9. The molecular formula is C17H26N4O2. The fourth-order valence-corrected chi connectivity index (χ4v) is 2.22. The van der Waals surface area contributed by atoms with Gasteiger partial charge in [0.2, 0.25) is 11.9 Å². The summed E-state index contributed by atoms with van der Waals surface area (Å²) >= 11 is 0. The summed E-state index contributed by atoms with van der Waals surface area (Å²) in [6.45, 7) is 8.44. The Labute approximate surface area is 136 Å². The standard InChI is InChI=1S/C17H26N4O2/c1-11(2)13(4)19-16(23)10-21-15-8-6-5-7-14(15)20-17(21)18-9-12(3)22/h5-8,11-13,22H,9-10H2,1-4H3,(H,18,20)(H,19,23)/t12-,13-/m0/s1. The van der Waals surface area contributed by atoms with Crippen LogP contribution in [0, 0.1) is 5.92 Å². The Bertz CT molecular complexity index is 664. The summed E-state index contributed by atoms with van der Waals surface area (Å²) in [6, 6.07) is 7.81. The summed E-state index contributed by atoms with van der Waals surface area (Å²) in [7, 11) is 0. The van der Waals surface area contributed by atoms with Gasteiger partial charge in [0, 0.05) is 12.6 Å². The van der Waals surface area contributed by atoms with Gasteiger partial charge in [0.25, 0.3) is 0 Å². The molecule has 0 fully saturated rings. The van der Waals surface area contributed by atoms with Crippen LogP contribution < -0.4 is 10.6 Å². The van der Waals surface area contributed by atoms with Crippen molar-refractivity contribution in [1.29, 1.82) is 0 Å². The van der Waals surface area contributed by atoms with Gasteiger partial charge < -0.3 is 20.3 Å². The van der Waals surface area contributed by atoms with Crippen molar-refractivity contribution in [3.8, 4) is 0 Å². The summed E-state index contributed by atoms with van der Waals surface area (Å²) in [6.07, 6.45) is -0.488. The molecule has 23 heavy (non-hydrogen) atoms. The molecule has 1 heterocycles. The van der Waals surface area contributed by atoms with Crippen molar-refractivity contribution in [2.24, 2.45) is 5.92 Å². The molecule has 1 amide bonds. The first-order valence-electron chi connectivity index (χ1n) is 8.05. The number of benzene rings is 1. The van der Waals surface area contributed by atoms with Crippen LogP contribution in [0.2, 0.25) is 0 Å². The van der Waals surface area contributed by atoms with E-state index < -0.39 is 6.10 Å². The normalized spacial score (nSPS) is 14.0. The van der Waals surface area contributed by atoms with E-state index in [1.807, 2.05) is 35.8 Å². The van der Waals surface area contributed by atoms with Gasteiger partial charge in [-0.1, -0.05) is 26.0 Å². The van der Waals surface area contributed by atoms with Gasteiger partial charge in [0.1, 0.15) is 6.54 Å². The average molecular weight is 318 g/mol. The van der Waals surface area contributed by atoms with Crippen LogP contribution in [0.5, 0.6) is 0 Å². The first-order valence-corrected chi connectivity index (χ1v) is 8.05. The minimum Gasteiger partial charge on any atom is -0.392 e. The summed E-state index contributed by atoms with van der Waals surface area (Å²) in [5.74, 6) is 0.931. The molecule has 0 saturated heterocycles. The Morgan fingerprint density at radius 1 is 1.26 bits per heavy atom. The van der Waals surface area contributed by atoms with Crippen molar-refractivity contribution in [1.82, 2.24) is 14.9 Å². The molecule has 3 N–H and O–H groups in total. The summed E-state index contributed by atoms with van der Waals surface area (Å²) in [4.78, 5) is 16.8. The molecule has 0 spiro atoms. The van der Waals surface area contributed by atoms with E-state index >= 15 is 0 Å². The number of hydrogen-bond donors (Lipinski definition) is 3. The van der Waals surface area contributed by atoms with Crippen LogP contribution in [-0.2, 0) is 11.3 Å². The van der Waals surface area contributed by atoms with Crippen molar-refractivity contribution in [2.45, 2.75) is 46.4 Å². The number of aromatic nitrogens is 2. The molecule has 6 heteroatoms. The molecule has 0 aliphatic heterocycles. The Morgan fingerprint density at radius 2 is 1.96 bits per heavy atom. The lowest BCUT2D eigenvalue weighted by Gasteiger charge is -2.18. The average Bonchev–Trinajstić information content (AvgIpc) is 2.83. The second kappa shape index (κ2) is 7.46. The predicted molar refractivity (Wildman–Crippen MR) is 92.3 cm³/mol. The summed E-state index contributed by atoms with van der Waals surface area (Å²) in [5, 5.41) is 15.6. The van der Waals surface area contributed by atoms with Crippen LogP contribution in [0.4, 0.5) is 5.95 Å². The van der Waals surface area contributed by atoms with E-state index in [0.29, 0.717) is 18.4 Å². The maximum Gasteiger partial charge on any atom is 0.240 e. The SMILES string of the molecule is CC(C)[C@H](C)NC(=O)Cn1c(NC[C@H](C)O)nc2ccccc21. The highest BCUT2D eigenvalue weighted by Gasteiger charge is 2.16. The third kappa shape index (κ3) is 4.45. The van der Waals surface area contributed by atoms with Gasteiger partial charge in [0.05, 0.1) is 17.1 Å². The second-order valence-electron chi connectivity index (χ2n) is 6.34. The van der Waals surface area contributed by atoms with Crippen molar-refractivity contribution in [3.63, 3.8) is 0 Å². The van der Waals surface area contributed by atoms with Gasteiger partial charge in [-0.15, -0.1) is 0 Å². The van der Waals surface area contributed by atoms with Crippen molar-refractivity contribution in [3.05, 3.63) is 24.3 Å². The number of rotatable bonds is 7. The lowest BCUT2D eigenvalue weighted by molar-refractivity contribution is -0.122. The number of carbonyl (C=O) groups excluding carboxylic acids is 1. The molecule has 0 unspecified atom stereocenters. The molecule has 1 aromatic heterocycles. The first kappa shape index (κ1) is 17.3. The van der Waals surface area contributed by atoms with E-state index in [1.54, 1.807) is 6.92 Å².